The van der Waals surface area contributed by atoms with Gasteiger partial charge in [0.15, 0.2) is 0 Å². The lowest BCUT2D eigenvalue weighted by molar-refractivity contribution is -0.258. The van der Waals surface area contributed by atoms with E-state index in [1.807, 2.05) is 36.4 Å². The monoisotopic (exact) mass is 379 g/mol. The second-order valence-corrected chi connectivity index (χ2v) is 6.55. The molecule has 1 aromatic heterocycles. The van der Waals surface area contributed by atoms with E-state index in [1.165, 1.54) is 6.07 Å². The maximum absolute atomic E-state index is 11.1. The molecule has 4 nitrogen and oxygen atoms in total. The number of halogens is 2. The number of benzene rings is 2. The number of nitrogens with one attached hydrogen (secondary N) is 1. The third-order valence-electron chi connectivity index (χ3n) is 3.31. The van der Waals surface area contributed by atoms with Gasteiger partial charge in [-0.25, -0.2) is 5.10 Å². The molecule has 0 aliphatic heterocycles. The van der Waals surface area contributed by atoms with Crippen molar-refractivity contribution in [2.24, 2.45) is 0 Å². The van der Waals surface area contributed by atoms with Crippen LogP contribution >= 0.6 is 23.4 Å². The lowest BCUT2D eigenvalue weighted by Crippen LogP contribution is -3.00. The van der Waals surface area contributed by atoms with Crippen molar-refractivity contribution in [3.63, 3.8) is 0 Å². The van der Waals surface area contributed by atoms with Crippen LogP contribution in [0.2, 0.25) is 5.02 Å². The van der Waals surface area contributed by atoms with Crippen LogP contribution in [0, 0.1) is 0 Å². The van der Waals surface area contributed by atoms with Crippen molar-refractivity contribution in [2.75, 3.05) is 0 Å². The number of rotatable bonds is 4. The number of nitrogens with zero attached hydrogens (tertiary/aromatic N) is 1. The van der Waals surface area contributed by atoms with Crippen molar-refractivity contribution in [1.82, 2.24) is 10.2 Å². The minimum Gasteiger partial charge on any atom is -1.00 e. The van der Waals surface area contributed by atoms with Crippen molar-refractivity contribution < 1.29 is 18.1 Å². The van der Waals surface area contributed by atoms with Gasteiger partial charge >= 0.3 is 0 Å². The first-order chi connectivity index (χ1) is 11.1. The molecule has 0 radical (unpaired) electrons. The molecule has 0 saturated heterocycles. The lowest BCUT2D eigenvalue weighted by Gasteiger charge is -2.07. The Labute approximate surface area is 154 Å². The second kappa shape index (κ2) is 8.35. The van der Waals surface area contributed by atoms with Crippen molar-refractivity contribution in [2.45, 2.75) is 16.2 Å². The van der Waals surface area contributed by atoms with Crippen molar-refractivity contribution in [1.29, 1.82) is 0 Å². The van der Waals surface area contributed by atoms with Gasteiger partial charge in [-0.15, -0.1) is 0 Å². The molecule has 0 fully saturated rings. The zero-order chi connectivity index (χ0) is 16.2. The summed E-state index contributed by atoms with van der Waals surface area (Å²) >= 11 is 7.82. The molecule has 124 valence electrons. The van der Waals surface area contributed by atoms with Crippen LogP contribution in [0.25, 0.3) is 0 Å². The van der Waals surface area contributed by atoms with E-state index in [1.54, 1.807) is 17.8 Å². The van der Waals surface area contributed by atoms with E-state index in [9.17, 15) is 4.79 Å². The van der Waals surface area contributed by atoms with Crippen LogP contribution in [0.4, 0.5) is 5.69 Å². The summed E-state index contributed by atoms with van der Waals surface area (Å²) in [7, 11) is 0. The summed E-state index contributed by atoms with van der Waals surface area (Å²) in [4.78, 5) is 13.1. The fourth-order valence-electron chi connectivity index (χ4n) is 2.13. The van der Waals surface area contributed by atoms with E-state index in [0.29, 0.717) is 6.42 Å². The Bertz CT molecular complexity index is 879. The van der Waals surface area contributed by atoms with Gasteiger partial charge in [-0.05, 0) is 29.8 Å². The molecule has 0 atom stereocenters. The molecule has 0 bridgehead atoms. The maximum atomic E-state index is 11.1. The van der Waals surface area contributed by atoms with Crippen LogP contribution in [0.3, 0.4) is 0 Å². The molecule has 0 aliphatic rings. The zero-order valence-corrected chi connectivity index (χ0v) is 15.0. The van der Waals surface area contributed by atoms with E-state index >= 15 is 0 Å². The molecule has 3 aromatic rings. The van der Waals surface area contributed by atoms with Gasteiger partial charge in [-0.1, -0.05) is 41.6 Å². The van der Waals surface area contributed by atoms with Crippen LogP contribution in [-0.2, 0) is 6.42 Å². The molecule has 2 aromatic carbocycles. The second-order valence-electron chi connectivity index (χ2n) is 5.06. The van der Waals surface area contributed by atoms with Crippen molar-refractivity contribution >= 4 is 29.1 Å². The fraction of sp³-hybridized carbons (Fsp3) is 0.0588. The quantitative estimate of drug-likeness (QED) is 0.672. The Morgan fingerprint density at radius 2 is 1.88 bits per heavy atom. The molecule has 7 heteroatoms. The molecule has 0 spiro atoms. The number of aromatic nitrogens is 2. The first-order valence-corrected chi connectivity index (χ1v) is 8.23. The molecule has 1 heterocycles. The number of hydrogen-bond acceptors (Lipinski definition) is 3. The minimum absolute atomic E-state index is 0. The van der Waals surface area contributed by atoms with Crippen LogP contribution in [0.1, 0.15) is 11.3 Å². The van der Waals surface area contributed by atoms with Gasteiger partial charge in [0.2, 0.25) is 0 Å². The summed E-state index contributed by atoms with van der Waals surface area (Å²) in [6.45, 7) is 0. The van der Waals surface area contributed by atoms with Crippen molar-refractivity contribution in [3.05, 3.63) is 81.2 Å². The Hall–Kier alpha value is -1.79. The topological polar surface area (TPSA) is 73.4 Å². The highest BCUT2D eigenvalue weighted by molar-refractivity contribution is 7.99. The number of H-pyrrole nitrogens is 1. The van der Waals surface area contributed by atoms with Gasteiger partial charge < -0.3 is 18.1 Å². The van der Waals surface area contributed by atoms with Crippen LogP contribution < -0.4 is 23.7 Å². The van der Waals surface area contributed by atoms with E-state index in [4.69, 9.17) is 11.6 Å². The Morgan fingerprint density at radius 3 is 2.58 bits per heavy atom. The van der Waals surface area contributed by atoms with Gasteiger partial charge in [0.25, 0.3) is 5.56 Å². The summed E-state index contributed by atoms with van der Waals surface area (Å²) in [5, 5.41) is 7.22. The predicted octanol–water partition coefficient (Wildman–Crippen LogP) is 0.0427. The third-order valence-corrected chi connectivity index (χ3v) is 4.93. The van der Waals surface area contributed by atoms with Gasteiger partial charge in [-0.2, -0.15) is 5.10 Å². The van der Waals surface area contributed by atoms with E-state index < -0.39 is 0 Å². The number of hydrogen-bond donors (Lipinski definition) is 2. The Balaban J connectivity index is 0.00000208. The molecular weight excluding hydrogens is 365 g/mol. The molecule has 24 heavy (non-hydrogen) atoms. The molecular formula is C17H15Cl2N3OS. The Morgan fingerprint density at radius 1 is 1.08 bits per heavy atom. The molecule has 0 unspecified atom stereocenters. The zero-order valence-electron chi connectivity index (χ0n) is 12.6. The maximum Gasteiger partial charge on any atom is 0.264 e. The summed E-state index contributed by atoms with van der Waals surface area (Å²) in [5.74, 6) is 0. The smallest absolute Gasteiger partial charge is 0.264 e. The van der Waals surface area contributed by atoms with Gasteiger partial charge in [0, 0.05) is 23.4 Å². The first-order valence-electron chi connectivity index (χ1n) is 7.04. The largest absolute Gasteiger partial charge is 1.00 e. The van der Waals surface area contributed by atoms with Crippen LogP contribution in [0.15, 0.2) is 69.2 Å². The fourth-order valence-corrected chi connectivity index (χ4v) is 3.34. The van der Waals surface area contributed by atoms with Crippen molar-refractivity contribution in [3.8, 4) is 0 Å². The van der Waals surface area contributed by atoms with Crippen LogP contribution in [-0.4, -0.2) is 10.2 Å². The molecule has 0 saturated carbocycles. The number of aromatic amines is 1. The first kappa shape index (κ1) is 18.5. The standard InChI is InChI=1S/C17H14ClN3OS.ClH/c18-13-3-1-2-4-15(13)23-16-10-11(5-7-14(16)19)9-12-6-8-17(22)21-20-12;/h1-8,10H,9,19H2,(H,21,22);1H. The average Bonchev–Trinajstić information content (AvgIpc) is 2.55. The SMILES string of the molecule is [Cl-].[NH3+]c1ccc(Cc2ccc(=O)[nH]n2)cc1Sc1ccccc1Cl. The number of quaternary nitrogens is 1. The van der Waals surface area contributed by atoms with Gasteiger partial charge in [0.05, 0.1) is 15.6 Å². The van der Waals surface area contributed by atoms with Gasteiger partial charge in [0.1, 0.15) is 5.69 Å². The predicted molar refractivity (Wildman–Crippen MR) is 92.2 cm³/mol. The summed E-state index contributed by atoms with van der Waals surface area (Å²) in [6, 6.07) is 17.1. The van der Waals surface area contributed by atoms with Gasteiger partial charge in [-0.3, -0.25) is 4.79 Å². The normalized spacial score (nSPS) is 10.2. The molecule has 4 N–H and O–H groups in total. The van der Waals surface area contributed by atoms with E-state index in [2.05, 4.69) is 22.0 Å². The van der Waals surface area contributed by atoms with E-state index in [0.717, 1.165) is 31.8 Å². The minimum atomic E-state index is -0.197. The average molecular weight is 380 g/mol. The summed E-state index contributed by atoms with van der Waals surface area (Å²) < 4.78 is 0. The highest BCUT2D eigenvalue weighted by atomic mass is 35.5. The lowest BCUT2D eigenvalue weighted by atomic mass is 10.1. The molecule has 3 rings (SSSR count). The highest BCUT2D eigenvalue weighted by Gasteiger charge is 2.09. The van der Waals surface area contributed by atoms with Crippen LogP contribution in [0.5, 0.6) is 0 Å². The molecule has 0 amide bonds. The summed E-state index contributed by atoms with van der Waals surface area (Å²) in [6.07, 6.45) is 0.646. The highest BCUT2D eigenvalue weighted by Crippen LogP contribution is 2.36. The summed E-state index contributed by atoms with van der Waals surface area (Å²) in [5.41, 5.74) is 6.75. The van der Waals surface area contributed by atoms with E-state index in [-0.39, 0.29) is 18.0 Å². The Kier molecular flexibility index (Phi) is 6.45. The molecule has 0 aliphatic carbocycles. The third kappa shape index (κ3) is 4.61.